The van der Waals surface area contributed by atoms with Crippen molar-refractivity contribution in [3.8, 4) is 0 Å². The van der Waals surface area contributed by atoms with Gasteiger partial charge in [-0.05, 0) is 13.8 Å². The summed E-state index contributed by atoms with van der Waals surface area (Å²) in [7, 11) is 0. The molecule has 5 heteroatoms. The third kappa shape index (κ3) is 2.67. The molecule has 0 fully saturated rings. The molecule has 1 unspecified atom stereocenters. The van der Waals surface area contributed by atoms with E-state index in [0.29, 0.717) is 0 Å². The van der Waals surface area contributed by atoms with E-state index in [1.807, 2.05) is 13.8 Å². The molecule has 0 radical (unpaired) electrons. The second-order valence-corrected chi connectivity index (χ2v) is 3.22. The van der Waals surface area contributed by atoms with Crippen molar-refractivity contribution in [2.75, 3.05) is 5.88 Å². The Bertz CT molecular complexity index is 330. The zero-order chi connectivity index (χ0) is 10.6. The van der Waals surface area contributed by atoms with Gasteiger partial charge >= 0.3 is 0 Å². The van der Waals surface area contributed by atoms with E-state index in [1.165, 1.54) is 0 Å². The highest BCUT2D eigenvalue weighted by molar-refractivity contribution is 6.27. The lowest BCUT2D eigenvalue weighted by Gasteiger charge is -2.13. The van der Waals surface area contributed by atoms with Gasteiger partial charge in [-0.3, -0.25) is 14.8 Å². The topological polar surface area (TPSA) is 54.9 Å². The molecule has 4 nitrogen and oxygen atoms in total. The highest BCUT2D eigenvalue weighted by Crippen LogP contribution is 2.11. The largest absolute Gasteiger partial charge is 0.347 e. The van der Waals surface area contributed by atoms with E-state index in [-0.39, 0.29) is 17.8 Å². The van der Waals surface area contributed by atoms with Gasteiger partial charge in [-0.2, -0.15) is 0 Å². The van der Waals surface area contributed by atoms with Gasteiger partial charge in [-0.1, -0.05) is 0 Å². The molecule has 1 aromatic rings. The lowest BCUT2D eigenvalue weighted by Crippen LogP contribution is -2.28. The number of hydrogen-bond donors (Lipinski definition) is 1. The number of nitrogens with zero attached hydrogens (tertiary/aromatic N) is 2. The van der Waals surface area contributed by atoms with Crippen molar-refractivity contribution in [2.24, 2.45) is 0 Å². The van der Waals surface area contributed by atoms with Crippen LogP contribution in [0.3, 0.4) is 0 Å². The van der Waals surface area contributed by atoms with E-state index in [2.05, 4.69) is 15.3 Å². The average Bonchev–Trinajstić information content (AvgIpc) is 2.18. The molecule has 0 saturated carbocycles. The first-order chi connectivity index (χ1) is 6.65. The van der Waals surface area contributed by atoms with Crippen LogP contribution in [0.25, 0.3) is 0 Å². The van der Waals surface area contributed by atoms with Gasteiger partial charge in [0.05, 0.1) is 17.4 Å². The summed E-state index contributed by atoms with van der Waals surface area (Å²) in [6, 6.07) is -0.157. The Balaban J connectivity index is 2.74. The van der Waals surface area contributed by atoms with E-state index >= 15 is 0 Å². The summed E-state index contributed by atoms with van der Waals surface area (Å²) < 4.78 is 0. The molecule has 0 bridgehead atoms. The quantitative estimate of drug-likeness (QED) is 0.768. The maximum atomic E-state index is 11.0. The summed E-state index contributed by atoms with van der Waals surface area (Å²) in [6.45, 7) is 3.70. The lowest BCUT2D eigenvalue weighted by molar-refractivity contribution is -0.119. The van der Waals surface area contributed by atoms with Gasteiger partial charge in [0.25, 0.3) is 0 Å². The highest BCUT2D eigenvalue weighted by atomic mass is 35.5. The van der Waals surface area contributed by atoms with E-state index in [4.69, 9.17) is 11.6 Å². The van der Waals surface area contributed by atoms with Crippen molar-refractivity contribution >= 4 is 17.5 Å². The van der Waals surface area contributed by atoms with Gasteiger partial charge in [-0.15, -0.1) is 11.6 Å². The summed E-state index contributed by atoms with van der Waals surface area (Å²) >= 11 is 5.38. The van der Waals surface area contributed by atoms with Crippen molar-refractivity contribution in [3.05, 3.63) is 23.8 Å². The van der Waals surface area contributed by atoms with Crippen molar-refractivity contribution in [1.29, 1.82) is 0 Å². The molecule has 0 aliphatic heterocycles. The second kappa shape index (κ2) is 4.91. The molecular weight excluding hydrogens is 202 g/mol. The summed E-state index contributed by atoms with van der Waals surface area (Å²) in [5.74, 6) is -0.242. The fraction of sp³-hybridized carbons (Fsp3) is 0.444. The minimum Gasteiger partial charge on any atom is -0.347 e. The van der Waals surface area contributed by atoms with E-state index < -0.39 is 0 Å². The predicted octanol–water partition coefficient (Wildman–Crippen LogP) is 1.20. The van der Waals surface area contributed by atoms with Gasteiger partial charge in [0.2, 0.25) is 5.91 Å². The van der Waals surface area contributed by atoms with Crippen LogP contribution in [-0.4, -0.2) is 21.8 Å². The Morgan fingerprint density at radius 2 is 2.21 bits per heavy atom. The Kier molecular flexibility index (Phi) is 3.83. The summed E-state index contributed by atoms with van der Waals surface area (Å²) in [4.78, 5) is 19.2. The van der Waals surface area contributed by atoms with Gasteiger partial charge < -0.3 is 5.32 Å². The number of aryl methyl sites for hydroxylation is 1. The monoisotopic (exact) mass is 213 g/mol. The van der Waals surface area contributed by atoms with Crippen LogP contribution in [0.4, 0.5) is 0 Å². The first-order valence-electron chi connectivity index (χ1n) is 4.28. The molecule has 14 heavy (non-hydrogen) atoms. The number of carbonyl (C=O) groups excluding carboxylic acids is 1. The summed E-state index contributed by atoms with van der Waals surface area (Å²) in [5.41, 5.74) is 1.58. The number of amides is 1. The van der Waals surface area contributed by atoms with Gasteiger partial charge in [0.1, 0.15) is 5.88 Å². The van der Waals surface area contributed by atoms with Crippen LogP contribution >= 0.6 is 11.6 Å². The highest BCUT2D eigenvalue weighted by Gasteiger charge is 2.12. The Labute approximate surface area is 87.7 Å². The number of hydrogen-bond acceptors (Lipinski definition) is 3. The van der Waals surface area contributed by atoms with E-state index in [1.54, 1.807) is 12.4 Å². The van der Waals surface area contributed by atoms with Crippen LogP contribution in [0.1, 0.15) is 24.4 Å². The molecule has 0 aromatic carbocycles. The van der Waals surface area contributed by atoms with Crippen LogP contribution in [0, 0.1) is 6.92 Å². The third-order valence-electron chi connectivity index (χ3n) is 1.83. The first kappa shape index (κ1) is 10.9. The maximum Gasteiger partial charge on any atom is 0.235 e. The lowest BCUT2D eigenvalue weighted by atomic mass is 10.2. The smallest absolute Gasteiger partial charge is 0.235 e. The third-order valence-corrected chi connectivity index (χ3v) is 2.07. The molecule has 1 atom stereocenters. The normalized spacial score (nSPS) is 12.2. The molecule has 0 spiro atoms. The number of halogens is 1. The molecule has 1 aromatic heterocycles. The molecule has 1 rings (SSSR count). The zero-order valence-electron chi connectivity index (χ0n) is 8.12. The number of alkyl halides is 1. The Morgan fingerprint density at radius 1 is 1.57 bits per heavy atom. The molecule has 0 saturated heterocycles. The average molecular weight is 214 g/mol. The van der Waals surface area contributed by atoms with E-state index in [0.717, 1.165) is 11.4 Å². The van der Waals surface area contributed by atoms with Crippen molar-refractivity contribution in [2.45, 2.75) is 19.9 Å². The summed E-state index contributed by atoms with van der Waals surface area (Å²) in [5, 5.41) is 2.71. The van der Waals surface area contributed by atoms with Gasteiger partial charge in [-0.25, -0.2) is 0 Å². The number of aromatic nitrogens is 2. The van der Waals surface area contributed by atoms with Crippen LogP contribution in [0.15, 0.2) is 12.4 Å². The minimum atomic E-state index is -0.204. The second-order valence-electron chi connectivity index (χ2n) is 2.95. The SMILES string of the molecule is Cc1nccnc1C(C)NC(=O)CCl. The van der Waals surface area contributed by atoms with Crippen molar-refractivity contribution < 1.29 is 4.79 Å². The fourth-order valence-corrected chi connectivity index (χ4v) is 1.27. The molecular formula is C9H12ClN3O. The van der Waals surface area contributed by atoms with Crippen LogP contribution < -0.4 is 5.32 Å². The molecule has 1 N–H and O–H groups in total. The summed E-state index contributed by atoms with van der Waals surface area (Å²) in [6.07, 6.45) is 3.22. The molecule has 1 amide bonds. The maximum absolute atomic E-state index is 11.0. The molecule has 1 heterocycles. The number of rotatable bonds is 3. The zero-order valence-corrected chi connectivity index (χ0v) is 8.88. The standard InChI is InChI=1S/C9H12ClN3O/c1-6-9(12-4-3-11-6)7(2)13-8(14)5-10/h3-4,7H,5H2,1-2H3,(H,13,14). The number of nitrogens with one attached hydrogen (secondary N) is 1. The molecule has 0 aliphatic carbocycles. The van der Waals surface area contributed by atoms with Crippen molar-refractivity contribution in [3.63, 3.8) is 0 Å². The van der Waals surface area contributed by atoms with Crippen molar-refractivity contribution in [1.82, 2.24) is 15.3 Å². The van der Waals surface area contributed by atoms with Gasteiger partial charge in [0, 0.05) is 12.4 Å². The Morgan fingerprint density at radius 3 is 2.79 bits per heavy atom. The minimum absolute atomic E-state index is 0.0380. The van der Waals surface area contributed by atoms with Crippen LogP contribution in [0.2, 0.25) is 0 Å². The fourth-order valence-electron chi connectivity index (χ4n) is 1.19. The van der Waals surface area contributed by atoms with Gasteiger partial charge in [0.15, 0.2) is 0 Å². The predicted molar refractivity (Wildman–Crippen MR) is 54.0 cm³/mol. The number of carbonyl (C=O) groups is 1. The Hall–Kier alpha value is -1.16. The first-order valence-corrected chi connectivity index (χ1v) is 4.81. The van der Waals surface area contributed by atoms with Crippen LogP contribution in [-0.2, 0) is 4.79 Å². The molecule has 76 valence electrons. The van der Waals surface area contributed by atoms with Crippen LogP contribution in [0.5, 0.6) is 0 Å². The van der Waals surface area contributed by atoms with E-state index in [9.17, 15) is 4.79 Å². The molecule has 0 aliphatic rings.